The Morgan fingerprint density at radius 3 is 2.51 bits per heavy atom. The first kappa shape index (κ1) is 21.8. The van der Waals surface area contributed by atoms with Crippen molar-refractivity contribution >= 4 is 59.0 Å². The van der Waals surface area contributed by atoms with Crippen molar-refractivity contribution in [1.29, 1.82) is 0 Å². The molecule has 0 saturated heterocycles. The number of fused-ring (bicyclic) bond motifs is 4. The summed E-state index contributed by atoms with van der Waals surface area (Å²) < 4.78 is 29.0. The lowest BCUT2D eigenvalue weighted by atomic mass is 10.1. The van der Waals surface area contributed by atoms with Crippen LogP contribution < -0.4 is 5.32 Å². The van der Waals surface area contributed by atoms with Gasteiger partial charge in [-0.15, -0.1) is 5.10 Å². The summed E-state index contributed by atoms with van der Waals surface area (Å²) in [6.45, 7) is 0.616. The molecule has 2 N–H and O–H groups in total. The average molecular weight is 547 g/mol. The van der Waals surface area contributed by atoms with Gasteiger partial charge in [-0.05, 0) is 54.4 Å². The fraction of sp³-hybridized carbons (Fsp3) is 0.0800. The van der Waals surface area contributed by atoms with Gasteiger partial charge in [0, 0.05) is 33.5 Å². The summed E-state index contributed by atoms with van der Waals surface area (Å²) in [7, 11) is -3.91. The van der Waals surface area contributed by atoms with Gasteiger partial charge >= 0.3 is 0 Å². The first-order valence-corrected chi connectivity index (χ1v) is 13.2. The molecule has 0 aliphatic heterocycles. The van der Waals surface area contributed by atoms with Crippen LogP contribution in [0.2, 0.25) is 0 Å². The summed E-state index contributed by atoms with van der Waals surface area (Å²) in [6, 6.07) is 22.2. The second kappa shape index (κ2) is 8.47. The quantitative estimate of drug-likeness (QED) is 0.304. The molecule has 6 rings (SSSR count). The highest BCUT2D eigenvalue weighted by Gasteiger charge is 2.27. The van der Waals surface area contributed by atoms with Crippen LogP contribution in [-0.2, 0) is 16.3 Å². The maximum absolute atomic E-state index is 13.4. The summed E-state index contributed by atoms with van der Waals surface area (Å²) in [5.74, 6) is 0.586. The van der Waals surface area contributed by atoms with E-state index in [2.05, 4.69) is 53.7 Å². The number of aromatic nitrogens is 5. The third kappa shape index (κ3) is 3.75. The monoisotopic (exact) mass is 546 g/mol. The highest BCUT2D eigenvalue weighted by atomic mass is 79.9. The molecule has 0 fully saturated rings. The lowest BCUT2D eigenvalue weighted by molar-refractivity contribution is 0.592. The number of hydrogen-bond acceptors (Lipinski definition) is 6. The van der Waals surface area contributed by atoms with Crippen LogP contribution in [0.4, 0.5) is 5.82 Å². The van der Waals surface area contributed by atoms with E-state index in [1.165, 1.54) is 27.6 Å². The third-order valence-corrected chi connectivity index (χ3v) is 8.16. The van der Waals surface area contributed by atoms with E-state index in [0.29, 0.717) is 12.4 Å². The second-order valence-electron chi connectivity index (χ2n) is 8.10. The summed E-state index contributed by atoms with van der Waals surface area (Å²) in [5, 5.41) is 13.4. The number of sulfone groups is 1. The summed E-state index contributed by atoms with van der Waals surface area (Å²) in [5.41, 5.74) is 3.20. The van der Waals surface area contributed by atoms with Gasteiger partial charge in [0.2, 0.25) is 14.9 Å². The molecule has 0 aliphatic carbocycles. The maximum atomic E-state index is 13.4. The highest BCUT2D eigenvalue weighted by molar-refractivity contribution is 9.10. The lowest BCUT2D eigenvalue weighted by Gasteiger charge is -2.10. The number of halogens is 1. The molecule has 0 aliphatic rings. The van der Waals surface area contributed by atoms with Gasteiger partial charge in [-0.2, -0.15) is 4.52 Å². The van der Waals surface area contributed by atoms with Crippen molar-refractivity contribution < 1.29 is 8.42 Å². The second-order valence-corrected chi connectivity index (χ2v) is 10.9. The average Bonchev–Trinajstić information content (AvgIpc) is 3.49. The van der Waals surface area contributed by atoms with E-state index in [4.69, 9.17) is 0 Å². The Morgan fingerprint density at radius 2 is 1.69 bits per heavy atom. The van der Waals surface area contributed by atoms with Crippen LogP contribution in [0, 0.1) is 0 Å². The van der Waals surface area contributed by atoms with Crippen molar-refractivity contribution in [2.24, 2.45) is 0 Å². The Kier molecular flexibility index (Phi) is 5.27. The maximum Gasteiger partial charge on any atom is 0.229 e. The normalized spacial score (nSPS) is 12.0. The number of rotatable bonds is 6. The van der Waals surface area contributed by atoms with Crippen LogP contribution in [0.1, 0.15) is 5.56 Å². The molecule has 35 heavy (non-hydrogen) atoms. The zero-order valence-electron chi connectivity index (χ0n) is 18.3. The van der Waals surface area contributed by atoms with Crippen LogP contribution in [0.25, 0.3) is 27.5 Å². The van der Waals surface area contributed by atoms with Crippen LogP contribution in [0.5, 0.6) is 0 Å². The Bertz CT molecular complexity index is 1810. The van der Waals surface area contributed by atoms with Crippen LogP contribution >= 0.6 is 15.9 Å². The first-order chi connectivity index (χ1) is 17.0. The minimum atomic E-state index is -3.91. The van der Waals surface area contributed by atoms with Crippen molar-refractivity contribution in [3.8, 4) is 0 Å². The minimum absolute atomic E-state index is 0.131. The Labute approximate surface area is 209 Å². The van der Waals surface area contributed by atoms with Crippen LogP contribution in [0.3, 0.4) is 0 Å². The fourth-order valence-electron chi connectivity index (χ4n) is 4.23. The molecule has 0 spiro atoms. The zero-order chi connectivity index (χ0) is 24.0. The molecule has 0 radical (unpaired) electrons. The molecular weight excluding hydrogens is 528 g/mol. The molecule has 3 heterocycles. The molecule has 0 atom stereocenters. The van der Waals surface area contributed by atoms with Gasteiger partial charge in [0.05, 0.1) is 10.4 Å². The minimum Gasteiger partial charge on any atom is -0.369 e. The number of aromatic amines is 1. The first-order valence-electron chi connectivity index (χ1n) is 11.0. The van der Waals surface area contributed by atoms with E-state index in [-0.39, 0.29) is 15.6 Å². The number of para-hydroxylation sites is 2. The standard InChI is InChI=1S/C25H19BrN6O2S/c26-17-9-11-18(12-10-17)35(33,34)25-24-29-23(20-6-2-4-8-22(20)32(24)31-30-25)27-14-13-16-15-28-21-7-3-1-5-19(16)21/h1-12,15,28H,13-14H2,(H,27,29). The van der Waals surface area contributed by atoms with Gasteiger partial charge in [-0.25, -0.2) is 13.4 Å². The predicted molar refractivity (Wildman–Crippen MR) is 138 cm³/mol. The Morgan fingerprint density at radius 1 is 0.943 bits per heavy atom. The number of hydrogen-bond donors (Lipinski definition) is 2. The molecule has 0 unspecified atom stereocenters. The molecular formula is C25H19BrN6O2S. The summed E-state index contributed by atoms with van der Waals surface area (Å²) in [6.07, 6.45) is 2.79. The molecule has 0 amide bonds. The topological polar surface area (TPSA) is 105 Å². The van der Waals surface area contributed by atoms with Gasteiger partial charge in [0.1, 0.15) is 5.82 Å². The summed E-state index contributed by atoms with van der Waals surface area (Å²) >= 11 is 3.34. The van der Waals surface area contributed by atoms with Crippen molar-refractivity contribution in [1.82, 2.24) is 24.8 Å². The number of nitrogens with zero attached hydrogens (tertiary/aromatic N) is 4. The highest BCUT2D eigenvalue weighted by Crippen LogP contribution is 2.28. The lowest BCUT2D eigenvalue weighted by Crippen LogP contribution is -2.09. The largest absolute Gasteiger partial charge is 0.369 e. The smallest absolute Gasteiger partial charge is 0.229 e. The SMILES string of the molecule is O=S(=O)(c1ccc(Br)cc1)c1nnn2c1nc(NCCc1c[nH]c3ccccc13)c1ccccc12. The van der Waals surface area contributed by atoms with E-state index >= 15 is 0 Å². The molecule has 10 heteroatoms. The van der Waals surface area contributed by atoms with Crippen molar-refractivity contribution in [2.45, 2.75) is 16.3 Å². The number of H-pyrrole nitrogens is 1. The van der Waals surface area contributed by atoms with Gasteiger partial charge in [0.25, 0.3) is 0 Å². The third-order valence-electron chi connectivity index (χ3n) is 5.96. The van der Waals surface area contributed by atoms with E-state index < -0.39 is 9.84 Å². The van der Waals surface area contributed by atoms with E-state index in [9.17, 15) is 8.42 Å². The molecule has 3 aromatic carbocycles. The Balaban J connectivity index is 1.40. The molecule has 3 aromatic heterocycles. The van der Waals surface area contributed by atoms with Gasteiger partial charge in [0.15, 0.2) is 5.65 Å². The zero-order valence-corrected chi connectivity index (χ0v) is 20.7. The molecule has 6 aromatic rings. The fourth-order valence-corrected chi connectivity index (χ4v) is 5.73. The Hall–Kier alpha value is -3.76. The van der Waals surface area contributed by atoms with E-state index in [1.807, 2.05) is 42.6 Å². The van der Waals surface area contributed by atoms with E-state index in [1.54, 1.807) is 12.1 Å². The van der Waals surface area contributed by atoms with Crippen LogP contribution in [0.15, 0.2) is 93.4 Å². The number of anilines is 1. The molecule has 0 saturated carbocycles. The molecule has 0 bridgehead atoms. The van der Waals surface area contributed by atoms with Gasteiger partial charge in [-0.3, -0.25) is 0 Å². The summed E-state index contributed by atoms with van der Waals surface area (Å²) in [4.78, 5) is 8.11. The number of nitrogens with one attached hydrogen (secondary N) is 2. The van der Waals surface area contributed by atoms with Crippen molar-refractivity contribution in [3.63, 3.8) is 0 Å². The number of benzene rings is 3. The van der Waals surface area contributed by atoms with Gasteiger partial charge in [-0.1, -0.05) is 51.5 Å². The molecule has 174 valence electrons. The van der Waals surface area contributed by atoms with E-state index in [0.717, 1.165) is 27.3 Å². The van der Waals surface area contributed by atoms with Crippen molar-refractivity contribution in [2.75, 3.05) is 11.9 Å². The molecule has 8 nitrogen and oxygen atoms in total. The van der Waals surface area contributed by atoms with Crippen molar-refractivity contribution in [3.05, 3.63) is 89.0 Å². The predicted octanol–water partition coefficient (Wildman–Crippen LogP) is 5.01. The van der Waals surface area contributed by atoms with Gasteiger partial charge < -0.3 is 10.3 Å². The van der Waals surface area contributed by atoms with Crippen LogP contribution in [-0.4, -0.2) is 39.8 Å².